The molecule has 0 radical (unpaired) electrons. The second kappa shape index (κ2) is 5.46. The summed E-state index contributed by atoms with van der Waals surface area (Å²) in [7, 11) is 0. The van der Waals surface area contributed by atoms with Crippen molar-refractivity contribution in [1.29, 1.82) is 0 Å². The van der Waals surface area contributed by atoms with Crippen molar-refractivity contribution in [1.82, 2.24) is 4.90 Å². The summed E-state index contributed by atoms with van der Waals surface area (Å²) in [4.78, 5) is 14.1. The van der Waals surface area contributed by atoms with Crippen LogP contribution in [0.5, 0.6) is 0 Å². The average Bonchev–Trinajstić information content (AvgIpc) is 2.62. The van der Waals surface area contributed by atoms with E-state index in [4.69, 9.17) is 5.11 Å². The second-order valence-electron chi connectivity index (χ2n) is 4.82. The van der Waals surface area contributed by atoms with Gasteiger partial charge in [0.15, 0.2) is 0 Å². The van der Waals surface area contributed by atoms with Crippen LogP contribution < -0.4 is 0 Å². The Kier molecular flexibility index (Phi) is 4.50. The number of carbonyl (C=O) groups is 1. The zero-order valence-corrected chi connectivity index (χ0v) is 10.9. The molecule has 0 fully saturated rings. The molecule has 0 spiro atoms. The molecule has 1 N–H and O–H groups in total. The Bertz CT molecular complexity index is 327. The summed E-state index contributed by atoms with van der Waals surface area (Å²) >= 11 is 1.72. The highest BCUT2D eigenvalue weighted by molar-refractivity contribution is 7.09. The van der Waals surface area contributed by atoms with Crippen molar-refractivity contribution in [3.63, 3.8) is 0 Å². The van der Waals surface area contributed by atoms with Crippen LogP contribution in [-0.2, 0) is 11.2 Å². The Morgan fingerprint density at radius 2 is 2.19 bits per heavy atom. The molecular weight excluding hydrogens is 222 g/mol. The standard InChI is InChI=1S/C12H19NO2S/c1-12(2,3)13(9-11(14)15)7-6-10-5-4-8-16-10/h4-5,8H,6-7,9H2,1-3H3,(H,14,15). The van der Waals surface area contributed by atoms with Crippen molar-refractivity contribution in [2.24, 2.45) is 0 Å². The number of aliphatic carboxylic acids is 1. The summed E-state index contributed by atoms with van der Waals surface area (Å²) < 4.78 is 0. The lowest BCUT2D eigenvalue weighted by Crippen LogP contribution is -2.45. The molecular formula is C12H19NO2S. The van der Waals surface area contributed by atoms with Gasteiger partial charge in [0.05, 0.1) is 6.54 Å². The molecule has 0 bridgehead atoms. The monoisotopic (exact) mass is 241 g/mol. The Morgan fingerprint density at radius 1 is 1.50 bits per heavy atom. The highest BCUT2D eigenvalue weighted by atomic mass is 32.1. The lowest BCUT2D eigenvalue weighted by atomic mass is 10.1. The van der Waals surface area contributed by atoms with Gasteiger partial charge in [0.25, 0.3) is 0 Å². The number of thiophene rings is 1. The van der Waals surface area contributed by atoms with Crippen molar-refractivity contribution in [2.45, 2.75) is 32.7 Å². The van der Waals surface area contributed by atoms with Crippen molar-refractivity contribution in [3.05, 3.63) is 22.4 Å². The van der Waals surface area contributed by atoms with Crippen LogP contribution in [0.1, 0.15) is 25.6 Å². The molecule has 1 aromatic rings. The summed E-state index contributed by atoms with van der Waals surface area (Å²) in [6, 6.07) is 4.12. The molecule has 1 aromatic heterocycles. The molecule has 0 unspecified atom stereocenters. The molecule has 90 valence electrons. The van der Waals surface area contributed by atoms with E-state index < -0.39 is 5.97 Å². The summed E-state index contributed by atoms with van der Waals surface area (Å²) in [5, 5.41) is 10.9. The van der Waals surface area contributed by atoms with Gasteiger partial charge in [0.2, 0.25) is 0 Å². The van der Waals surface area contributed by atoms with E-state index in [2.05, 4.69) is 6.07 Å². The Labute approximate surface area is 101 Å². The van der Waals surface area contributed by atoms with Gasteiger partial charge in [-0.25, -0.2) is 0 Å². The predicted octanol–water partition coefficient (Wildman–Crippen LogP) is 2.48. The van der Waals surface area contributed by atoms with Gasteiger partial charge in [0.1, 0.15) is 0 Å². The zero-order valence-electron chi connectivity index (χ0n) is 10.1. The molecule has 1 heterocycles. The summed E-state index contributed by atoms with van der Waals surface area (Å²) in [6.45, 7) is 7.03. The van der Waals surface area contributed by atoms with E-state index in [9.17, 15) is 4.79 Å². The van der Waals surface area contributed by atoms with Gasteiger partial charge in [-0.2, -0.15) is 0 Å². The van der Waals surface area contributed by atoms with E-state index in [1.165, 1.54) is 4.88 Å². The molecule has 0 saturated heterocycles. The van der Waals surface area contributed by atoms with Crippen molar-refractivity contribution >= 4 is 17.3 Å². The number of carboxylic acid groups (broad SMARTS) is 1. The lowest BCUT2D eigenvalue weighted by molar-refractivity contribution is -0.139. The average molecular weight is 241 g/mol. The molecule has 0 aliphatic rings. The normalized spacial score (nSPS) is 12.0. The molecule has 0 atom stereocenters. The molecule has 0 aliphatic carbocycles. The van der Waals surface area contributed by atoms with Crippen LogP contribution >= 0.6 is 11.3 Å². The Morgan fingerprint density at radius 3 is 2.62 bits per heavy atom. The van der Waals surface area contributed by atoms with E-state index in [-0.39, 0.29) is 12.1 Å². The fraction of sp³-hybridized carbons (Fsp3) is 0.583. The van der Waals surface area contributed by atoms with Gasteiger partial charge in [-0.05, 0) is 38.6 Å². The van der Waals surface area contributed by atoms with E-state index in [1.54, 1.807) is 11.3 Å². The third-order valence-electron chi connectivity index (χ3n) is 2.48. The van der Waals surface area contributed by atoms with E-state index >= 15 is 0 Å². The van der Waals surface area contributed by atoms with Gasteiger partial charge in [0, 0.05) is 17.0 Å². The highest BCUT2D eigenvalue weighted by Gasteiger charge is 2.22. The van der Waals surface area contributed by atoms with Gasteiger partial charge in [-0.3, -0.25) is 9.69 Å². The van der Waals surface area contributed by atoms with Gasteiger partial charge in [-0.15, -0.1) is 11.3 Å². The first kappa shape index (κ1) is 13.2. The minimum atomic E-state index is -0.763. The molecule has 1 rings (SSSR count). The maximum absolute atomic E-state index is 10.8. The molecule has 0 saturated carbocycles. The molecule has 0 aliphatic heterocycles. The van der Waals surface area contributed by atoms with Gasteiger partial charge in [-0.1, -0.05) is 6.07 Å². The SMILES string of the molecule is CC(C)(C)N(CCc1cccs1)CC(=O)O. The van der Waals surface area contributed by atoms with Crippen molar-refractivity contribution in [2.75, 3.05) is 13.1 Å². The molecule has 3 nitrogen and oxygen atoms in total. The number of hydrogen-bond donors (Lipinski definition) is 1. The third-order valence-corrected chi connectivity index (χ3v) is 3.42. The van der Waals surface area contributed by atoms with Crippen LogP contribution in [0, 0.1) is 0 Å². The smallest absolute Gasteiger partial charge is 0.317 e. The van der Waals surface area contributed by atoms with E-state index in [1.807, 2.05) is 37.1 Å². The lowest BCUT2D eigenvalue weighted by Gasteiger charge is -2.34. The molecule has 16 heavy (non-hydrogen) atoms. The number of hydrogen-bond acceptors (Lipinski definition) is 3. The van der Waals surface area contributed by atoms with Crippen molar-refractivity contribution < 1.29 is 9.90 Å². The van der Waals surface area contributed by atoms with Crippen molar-refractivity contribution in [3.8, 4) is 0 Å². The van der Waals surface area contributed by atoms with E-state index in [0.29, 0.717) is 0 Å². The maximum Gasteiger partial charge on any atom is 0.317 e. The molecule has 4 heteroatoms. The highest BCUT2D eigenvalue weighted by Crippen LogP contribution is 2.16. The third kappa shape index (κ3) is 4.33. The summed E-state index contributed by atoms with van der Waals surface area (Å²) in [5.74, 6) is -0.763. The first-order valence-electron chi connectivity index (χ1n) is 5.39. The Balaban J connectivity index is 2.54. The van der Waals surface area contributed by atoms with Gasteiger partial charge >= 0.3 is 5.97 Å². The second-order valence-corrected chi connectivity index (χ2v) is 5.85. The molecule has 0 aromatic carbocycles. The summed E-state index contributed by atoms with van der Waals surface area (Å²) in [5.41, 5.74) is -0.102. The minimum absolute atomic E-state index is 0.102. The zero-order chi connectivity index (χ0) is 12.2. The van der Waals surface area contributed by atoms with Gasteiger partial charge < -0.3 is 5.11 Å². The van der Waals surface area contributed by atoms with Crippen LogP contribution in [-0.4, -0.2) is 34.6 Å². The predicted molar refractivity (Wildman–Crippen MR) is 67.0 cm³/mol. The number of carboxylic acids is 1. The first-order valence-corrected chi connectivity index (χ1v) is 6.27. The molecule has 0 amide bonds. The summed E-state index contributed by atoms with van der Waals surface area (Å²) in [6.07, 6.45) is 0.919. The number of nitrogens with zero attached hydrogens (tertiary/aromatic N) is 1. The Hall–Kier alpha value is -0.870. The van der Waals surface area contributed by atoms with Crippen LogP contribution in [0.15, 0.2) is 17.5 Å². The van der Waals surface area contributed by atoms with Crippen LogP contribution in [0.2, 0.25) is 0 Å². The number of rotatable bonds is 5. The first-order chi connectivity index (χ1) is 7.39. The minimum Gasteiger partial charge on any atom is -0.480 e. The topological polar surface area (TPSA) is 40.5 Å². The largest absolute Gasteiger partial charge is 0.480 e. The van der Waals surface area contributed by atoms with Crippen LogP contribution in [0.25, 0.3) is 0 Å². The quantitative estimate of drug-likeness (QED) is 0.861. The van der Waals surface area contributed by atoms with E-state index in [0.717, 1.165) is 13.0 Å². The fourth-order valence-electron chi connectivity index (χ4n) is 1.51. The van der Waals surface area contributed by atoms with Crippen LogP contribution in [0.4, 0.5) is 0 Å². The fourth-order valence-corrected chi connectivity index (χ4v) is 2.21. The maximum atomic E-state index is 10.8. The van der Waals surface area contributed by atoms with Crippen LogP contribution in [0.3, 0.4) is 0 Å².